The topological polar surface area (TPSA) is 58.6 Å². The molecule has 1 aliphatic rings. The number of hydrogen-bond acceptors (Lipinski definition) is 3. The molecule has 1 aliphatic heterocycles. The first kappa shape index (κ1) is 23.6. The van der Waals surface area contributed by atoms with E-state index >= 15 is 0 Å². The number of ether oxygens (including phenoxy) is 1. The molecule has 3 aromatic carbocycles. The van der Waals surface area contributed by atoms with Crippen molar-refractivity contribution in [3.8, 4) is 11.5 Å². The maximum atomic E-state index is 12.9. The van der Waals surface area contributed by atoms with Crippen molar-refractivity contribution in [1.29, 1.82) is 0 Å². The molecule has 34 heavy (non-hydrogen) atoms. The summed E-state index contributed by atoms with van der Waals surface area (Å²) >= 11 is 0. The van der Waals surface area contributed by atoms with Crippen molar-refractivity contribution in [3.63, 3.8) is 0 Å². The van der Waals surface area contributed by atoms with E-state index in [9.17, 15) is 9.59 Å². The number of aryl methyl sites for hydroxylation is 3. The Balaban J connectivity index is 1.42. The first-order valence-electron chi connectivity index (χ1n) is 11.8. The van der Waals surface area contributed by atoms with Gasteiger partial charge in [0.15, 0.2) is 0 Å². The van der Waals surface area contributed by atoms with Gasteiger partial charge >= 0.3 is 0 Å². The van der Waals surface area contributed by atoms with E-state index in [2.05, 4.69) is 31.3 Å². The van der Waals surface area contributed by atoms with E-state index in [4.69, 9.17) is 4.74 Å². The smallest absolute Gasteiger partial charge is 0.229 e. The highest BCUT2D eigenvalue weighted by Gasteiger charge is 2.36. The molecule has 1 fully saturated rings. The van der Waals surface area contributed by atoms with Gasteiger partial charge in [-0.25, -0.2) is 0 Å². The predicted molar refractivity (Wildman–Crippen MR) is 137 cm³/mol. The molecule has 2 amide bonds. The second-order valence-electron chi connectivity index (χ2n) is 9.46. The molecule has 5 nitrogen and oxygen atoms in total. The van der Waals surface area contributed by atoms with Gasteiger partial charge in [-0.3, -0.25) is 9.59 Å². The monoisotopic (exact) mass is 456 g/mol. The normalized spacial score (nSPS) is 15.6. The summed E-state index contributed by atoms with van der Waals surface area (Å²) in [6, 6.07) is 19.6. The van der Waals surface area contributed by atoms with Crippen molar-refractivity contribution in [2.45, 2.75) is 47.0 Å². The van der Waals surface area contributed by atoms with Gasteiger partial charge in [0.2, 0.25) is 11.8 Å². The number of benzene rings is 3. The molecule has 176 valence electrons. The van der Waals surface area contributed by atoms with Gasteiger partial charge in [-0.2, -0.15) is 0 Å². The lowest BCUT2D eigenvalue weighted by Crippen LogP contribution is -2.29. The third kappa shape index (κ3) is 4.98. The highest BCUT2D eigenvalue weighted by Crippen LogP contribution is 2.33. The lowest BCUT2D eigenvalue weighted by Gasteiger charge is -2.21. The summed E-state index contributed by atoms with van der Waals surface area (Å²) in [5, 5.41) is 2.96. The second kappa shape index (κ2) is 9.72. The van der Waals surface area contributed by atoms with Crippen molar-refractivity contribution in [2.24, 2.45) is 5.92 Å². The van der Waals surface area contributed by atoms with Crippen LogP contribution in [0.4, 0.5) is 11.4 Å². The SMILES string of the molecule is Cc1ccc(C(C)C)c(Oc2ccc(NC(=O)[C@H]3CC(=O)N(c4c(C)cccc4C)C3)cc2)c1. The molecule has 1 atom stereocenters. The van der Waals surface area contributed by atoms with E-state index in [0.717, 1.165) is 33.7 Å². The Morgan fingerprint density at radius 2 is 1.68 bits per heavy atom. The third-order valence-corrected chi connectivity index (χ3v) is 6.35. The van der Waals surface area contributed by atoms with Crippen molar-refractivity contribution in [3.05, 3.63) is 82.9 Å². The largest absolute Gasteiger partial charge is 0.457 e. The summed E-state index contributed by atoms with van der Waals surface area (Å²) in [6.45, 7) is 10.7. The van der Waals surface area contributed by atoms with Crippen LogP contribution in [0, 0.1) is 26.7 Å². The van der Waals surface area contributed by atoms with E-state index in [1.165, 1.54) is 0 Å². The average Bonchev–Trinajstić information content (AvgIpc) is 3.16. The maximum absolute atomic E-state index is 12.9. The number of carbonyl (C=O) groups excluding carboxylic acids is 2. The minimum absolute atomic E-state index is 0.0135. The Kier molecular flexibility index (Phi) is 6.73. The van der Waals surface area contributed by atoms with Gasteiger partial charge in [-0.1, -0.05) is 44.2 Å². The Labute approximate surface area is 201 Å². The van der Waals surface area contributed by atoms with Crippen LogP contribution in [0.15, 0.2) is 60.7 Å². The fourth-order valence-electron chi connectivity index (χ4n) is 4.52. The maximum Gasteiger partial charge on any atom is 0.229 e. The fourth-order valence-corrected chi connectivity index (χ4v) is 4.52. The van der Waals surface area contributed by atoms with Crippen LogP contribution in [0.5, 0.6) is 11.5 Å². The summed E-state index contributed by atoms with van der Waals surface area (Å²) in [4.78, 5) is 27.4. The number of nitrogens with zero attached hydrogens (tertiary/aromatic N) is 1. The molecule has 1 N–H and O–H groups in total. The Morgan fingerprint density at radius 1 is 1.00 bits per heavy atom. The minimum Gasteiger partial charge on any atom is -0.457 e. The molecule has 3 aromatic rings. The Hall–Kier alpha value is -3.60. The Morgan fingerprint density at radius 3 is 2.32 bits per heavy atom. The predicted octanol–water partition coefficient (Wildman–Crippen LogP) is 6.52. The summed E-state index contributed by atoms with van der Waals surface area (Å²) in [5.74, 6) is 1.37. The number of anilines is 2. The molecule has 5 heteroatoms. The van der Waals surface area contributed by atoms with E-state index in [1.807, 2.05) is 69.3 Å². The van der Waals surface area contributed by atoms with E-state index in [-0.39, 0.29) is 24.2 Å². The first-order chi connectivity index (χ1) is 16.2. The first-order valence-corrected chi connectivity index (χ1v) is 11.8. The van der Waals surface area contributed by atoms with Crippen LogP contribution < -0.4 is 15.0 Å². The van der Waals surface area contributed by atoms with Gasteiger partial charge in [-0.15, -0.1) is 0 Å². The second-order valence-corrected chi connectivity index (χ2v) is 9.46. The van der Waals surface area contributed by atoms with Crippen LogP contribution in [0.3, 0.4) is 0 Å². The Bertz CT molecular complexity index is 1190. The van der Waals surface area contributed by atoms with Gasteiger partial charge in [0, 0.05) is 24.3 Å². The quantitative estimate of drug-likeness (QED) is 0.459. The zero-order valence-corrected chi connectivity index (χ0v) is 20.5. The van der Waals surface area contributed by atoms with Gasteiger partial charge in [0.25, 0.3) is 0 Å². The highest BCUT2D eigenvalue weighted by molar-refractivity contribution is 6.04. The summed E-state index contributed by atoms with van der Waals surface area (Å²) in [7, 11) is 0. The van der Waals surface area contributed by atoms with E-state index in [0.29, 0.717) is 23.9 Å². The van der Waals surface area contributed by atoms with E-state index in [1.54, 1.807) is 4.90 Å². The molecular weight excluding hydrogens is 424 g/mol. The molecule has 0 bridgehead atoms. The van der Waals surface area contributed by atoms with Crippen LogP contribution in [0.1, 0.15) is 48.4 Å². The number of rotatable bonds is 6. The van der Waals surface area contributed by atoms with E-state index < -0.39 is 0 Å². The summed E-state index contributed by atoms with van der Waals surface area (Å²) in [5.41, 5.74) is 5.98. The van der Waals surface area contributed by atoms with Gasteiger partial charge in [0.05, 0.1) is 5.92 Å². The average molecular weight is 457 g/mol. The van der Waals surface area contributed by atoms with Crippen LogP contribution in [0.2, 0.25) is 0 Å². The molecule has 1 saturated heterocycles. The standard InChI is InChI=1S/C29H32N2O3/c1-18(2)25-14-9-19(3)15-26(25)34-24-12-10-23(11-13-24)30-29(33)22-16-27(32)31(17-22)28-20(4)7-6-8-21(28)5/h6-15,18,22H,16-17H2,1-5H3,(H,30,33)/t22-/m0/s1. The molecule has 4 rings (SSSR count). The zero-order valence-electron chi connectivity index (χ0n) is 20.5. The molecule has 1 heterocycles. The molecule has 0 saturated carbocycles. The number of nitrogens with one attached hydrogen (secondary N) is 1. The van der Waals surface area contributed by atoms with Gasteiger partial charge in [-0.05, 0) is 79.3 Å². The molecule has 0 unspecified atom stereocenters. The number of amides is 2. The molecule has 0 radical (unpaired) electrons. The summed E-state index contributed by atoms with van der Waals surface area (Å²) < 4.78 is 6.15. The molecular formula is C29H32N2O3. The third-order valence-electron chi connectivity index (χ3n) is 6.35. The van der Waals surface area contributed by atoms with Gasteiger partial charge in [0.1, 0.15) is 11.5 Å². The fraction of sp³-hybridized carbons (Fsp3) is 0.310. The minimum atomic E-state index is -0.386. The zero-order chi connectivity index (χ0) is 24.4. The lowest BCUT2D eigenvalue weighted by atomic mass is 10.0. The number of hydrogen-bond donors (Lipinski definition) is 1. The molecule has 0 spiro atoms. The highest BCUT2D eigenvalue weighted by atomic mass is 16.5. The van der Waals surface area contributed by atoms with Crippen molar-refractivity contribution < 1.29 is 14.3 Å². The van der Waals surface area contributed by atoms with Crippen molar-refractivity contribution in [2.75, 3.05) is 16.8 Å². The van der Waals surface area contributed by atoms with Crippen molar-refractivity contribution >= 4 is 23.2 Å². The number of carbonyl (C=O) groups is 2. The van der Waals surface area contributed by atoms with Crippen LogP contribution in [-0.2, 0) is 9.59 Å². The van der Waals surface area contributed by atoms with Crippen LogP contribution in [-0.4, -0.2) is 18.4 Å². The molecule has 0 aliphatic carbocycles. The van der Waals surface area contributed by atoms with Gasteiger partial charge < -0.3 is 15.0 Å². The lowest BCUT2D eigenvalue weighted by molar-refractivity contribution is -0.122. The van der Waals surface area contributed by atoms with Crippen LogP contribution >= 0.6 is 0 Å². The number of para-hydroxylation sites is 1. The molecule has 0 aromatic heterocycles. The van der Waals surface area contributed by atoms with Crippen LogP contribution in [0.25, 0.3) is 0 Å². The van der Waals surface area contributed by atoms with Crippen molar-refractivity contribution in [1.82, 2.24) is 0 Å². The summed E-state index contributed by atoms with van der Waals surface area (Å²) in [6.07, 6.45) is 0.214.